The van der Waals surface area contributed by atoms with Crippen molar-refractivity contribution in [2.45, 2.75) is 45.6 Å². The van der Waals surface area contributed by atoms with E-state index in [2.05, 4.69) is 15.8 Å². The number of hydrogen-bond acceptors (Lipinski definition) is 10. The lowest BCUT2D eigenvalue weighted by molar-refractivity contribution is -0.127. The summed E-state index contributed by atoms with van der Waals surface area (Å²) in [6.45, 7) is 3.60. The number of rotatable bonds is 12. The van der Waals surface area contributed by atoms with Gasteiger partial charge in [0.05, 0.1) is 39.7 Å². The molecule has 2 aromatic carbocycles. The van der Waals surface area contributed by atoms with Crippen LogP contribution >= 0.6 is 11.3 Å². The van der Waals surface area contributed by atoms with E-state index in [0.717, 1.165) is 36.1 Å². The number of fused-ring (bicyclic) bond motifs is 1. The van der Waals surface area contributed by atoms with Gasteiger partial charge in [-0.2, -0.15) is 5.10 Å². The van der Waals surface area contributed by atoms with Crippen LogP contribution < -0.4 is 29.7 Å². The molecule has 0 aliphatic heterocycles. The van der Waals surface area contributed by atoms with Crippen molar-refractivity contribution in [2.75, 3.05) is 33.3 Å². The van der Waals surface area contributed by atoms with Crippen LogP contribution in [0, 0.1) is 0 Å². The van der Waals surface area contributed by atoms with Gasteiger partial charge in [-0.3, -0.25) is 9.59 Å². The standard InChI is InChI=1S/C31H35N3O8S/c1-6-41-31(37)26-22-9-7-8-10-25(22)43-30(26)33-29(36)20-11-13-21(14-12-20)42-18(2)28(35)34-32-17-19-15-23(38-3)27(40-5)24(16-19)39-4/h11-18H,6-10H2,1-5H3,(H,33,36)(H,34,35). The molecule has 4 rings (SSSR count). The first-order valence-corrected chi connectivity index (χ1v) is 14.6. The summed E-state index contributed by atoms with van der Waals surface area (Å²) < 4.78 is 27.0. The molecule has 0 bridgehead atoms. The average Bonchev–Trinajstić information content (AvgIpc) is 3.38. The fourth-order valence-corrected chi connectivity index (χ4v) is 5.90. The van der Waals surface area contributed by atoms with Gasteiger partial charge in [0.1, 0.15) is 10.8 Å². The number of hydrazone groups is 1. The van der Waals surface area contributed by atoms with Gasteiger partial charge in [-0.15, -0.1) is 11.3 Å². The Hall–Kier alpha value is -4.58. The van der Waals surface area contributed by atoms with E-state index in [9.17, 15) is 14.4 Å². The molecule has 12 heteroatoms. The highest BCUT2D eigenvalue weighted by Crippen LogP contribution is 2.39. The van der Waals surface area contributed by atoms with Crippen molar-refractivity contribution < 1.29 is 38.1 Å². The summed E-state index contributed by atoms with van der Waals surface area (Å²) in [5.41, 5.74) is 4.88. The molecular formula is C31H35N3O8S. The number of benzene rings is 2. The number of carbonyl (C=O) groups is 3. The van der Waals surface area contributed by atoms with Gasteiger partial charge in [0, 0.05) is 16.0 Å². The number of methoxy groups -OCH3 is 3. The molecule has 0 radical (unpaired) electrons. The third-order valence-corrected chi connectivity index (χ3v) is 7.96. The molecular weight excluding hydrogens is 574 g/mol. The van der Waals surface area contributed by atoms with E-state index in [1.165, 1.54) is 38.9 Å². The van der Waals surface area contributed by atoms with Gasteiger partial charge in [0.2, 0.25) is 5.75 Å². The number of ether oxygens (including phenoxy) is 5. The molecule has 0 saturated carbocycles. The van der Waals surface area contributed by atoms with E-state index in [4.69, 9.17) is 23.7 Å². The molecule has 2 N–H and O–H groups in total. The highest BCUT2D eigenvalue weighted by Gasteiger charge is 2.27. The molecule has 1 atom stereocenters. The van der Waals surface area contributed by atoms with Crippen LogP contribution in [0.25, 0.3) is 0 Å². The van der Waals surface area contributed by atoms with Crippen LogP contribution in [-0.2, 0) is 22.4 Å². The molecule has 1 heterocycles. The van der Waals surface area contributed by atoms with Gasteiger partial charge in [-0.05, 0) is 81.5 Å². The summed E-state index contributed by atoms with van der Waals surface area (Å²) in [6.07, 6.45) is 4.31. The van der Waals surface area contributed by atoms with Crippen LogP contribution in [0.15, 0.2) is 41.5 Å². The summed E-state index contributed by atoms with van der Waals surface area (Å²) in [4.78, 5) is 39.4. The maximum Gasteiger partial charge on any atom is 0.341 e. The first kappa shape index (κ1) is 31.4. The number of nitrogens with zero attached hydrogens (tertiary/aromatic N) is 1. The van der Waals surface area contributed by atoms with Crippen molar-refractivity contribution >= 4 is 40.3 Å². The number of amides is 2. The second kappa shape index (κ2) is 14.5. The lowest BCUT2D eigenvalue weighted by atomic mass is 9.95. The Bertz CT molecular complexity index is 1470. The zero-order valence-electron chi connectivity index (χ0n) is 24.8. The Kier molecular flexibility index (Phi) is 10.6. The number of nitrogens with one attached hydrogen (secondary N) is 2. The second-order valence-corrected chi connectivity index (χ2v) is 10.7. The molecule has 228 valence electrons. The van der Waals surface area contributed by atoms with Crippen molar-refractivity contribution in [3.8, 4) is 23.0 Å². The first-order chi connectivity index (χ1) is 20.8. The van der Waals surface area contributed by atoms with Crippen LogP contribution in [0.1, 0.15) is 63.4 Å². The van der Waals surface area contributed by atoms with Gasteiger partial charge in [0.15, 0.2) is 17.6 Å². The minimum atomic E-state index is -0.874. The van der Waals surface area contributed by atoms with E-state index >= 15 is 0 Å². The largest absolute Gasteiger partial charge is 0.493 e. The van der Waals surface area contributed by atoms with Gasteiger partial charge in [-0.1, -0.05) is 0 Å². The number of aryl methyl sites for hydroxylation is 1. The quantitative estimate of drug-likeness (QED) is 0.167. The summed E-state index contributed by atoms with van der Waals surface area (Å²) in [5.74, 6) is 0.507. The molecule has 1 aliphatic rings. The van der Waals surface area contributed by atoms with Crippen LogP contribution in [0.2, 0.25) is 0 Å². The highest BCUT2D eigenvalue weighted by atomic mass is 32.1. The van der Waals surface area contributed by atoms with Crippen molar-refractivity contribution in [1.82, 2.24) is 5.43 Å². The Labute approximate surface area is 254 Å². The predicted molar refractivity (Wildman–Crippen MR) is 163 cm³/mol. The maximum absolute atomic E-state index is 13.1. The summed E-state index contributed by atoms with van der Waals surface area (Å²) >= 11 is 1.43. The lowest BCUT2D eigenvalue weighted by Crippen LogP contribution is -2.33. The molecule has 0 spiro atoms. The molecule has 2 amide bonds. The fraction of sp³-hybridized carbons (Fsp3) is 0.355. The van der Waals surface area contributed by atoms with E-state index in [1.807, 2.05) is 0 Å². The topological polar surface area (TPSA) is 134 Å². The average molecular weight is 610 g/mol. The van der Waals surface area contributed by atoms with Crippen LogP contribution in [0.4, 0.5) is 5.00 Å². The smallest absolute Gasteiger partial charge is 0.341 e. The van der Waals surface area contributed by atoms with E-state index in [0.29, 0.717) is 44.7 Å². The Morgan fingerprint density at radius 1 is 1.00 bits per heavy atom. The van der Waals surface area contributed by atoms with Crippen molar-refractivity contribution in [2.24, 2.45) is 5.10 Å². The Morgan fingerprint density at radius 2 is 1.67 bits per heavy atom. The normalized spacial score (nSPS) is 13.0. The predicted octanol–water partition coefficient (Wildman–Crippen LogP) is 5.00. The number of thiophene rings is 1. The van der Waals surface area contributed by atoms with Crippen molar-refractivity contribution in [1.29, 1.82) is 0 Å². The van der Waals surface area contributed by atoms with Crippen LogP contribution in [0.3, 0.4) is 0 Å². The van der Waals surface area contributed by atoms with Gasteiger partial charge < -0.3 is 29.0 Å². The zero-order valence-corrected chi connectivity index (χ0v) is 25.6. The minimum Gasteiger partial charge on any atom is -0.493 e. The van der Waals surface area contributed by atoms with Gasteiger partial charge in [0.25, 0.3) is 11.8 Å². The molecule has 3 aromatic rings. The van der Waals surface area contributed by atoms with Crippen LogP contribution in [-0.4, -0.2) is 58.0 Å². The van der Waals surface area contributed by atoms with Crippen molar-refractivity contribution in [3.63, 3.8) is 0 Å². The molecule has 1 aliphatic carbocycles. The van der Waals surface area contributed by atoms with Gasteiger partial charge >= 0.3 is 5.97 Å². The van der Waals surface area contributed by atoms with Crippen molar-refractivity contribution in [3.05, 3.63) is 63.5 Å². The minimum absolute atomic E-state index is 0.258. The molecule has 0 saturated heterocycles. The van der Waals surface area contributed by atoms with Gasteiger partial charge in [-0.25, -0.2) is 10.2 Å². The summed E-state index contributed by atoms with van der Waals surface area (Å²) in [5, 5.41) is 7.40. The number of carbonyl (C=O) groups excluding carboxylic acids is 3. The highest BCUT2D eigenvalue weighted by molar-refractivity contribution is 7.17. The van der Waals surface area contributed by atoms with Crippen LogP contribution in [0.5, 0.6) is 23.0 Å². The second-order valence-electron chi connectivity index (χ2n) is 9.57. The SMILES string of the molecule is CCOC(=O)c1c(NC(=O)c2ccc(OC(C)C(=O)NN=Cc3cc(OC)c(OC)c(OC)c3)cc2)sc2c1CCCC2. The molecule has 1 unspecified atom stereocenters. The lowest BCUT2D eigenvalue weighted by Gasteiger charge is -2.14. The maximum atomic E-state index is 13.1. The summed E-state index contributed by atoms with van der Waals surface area (Å²) in [7, 11) is 4.53. The monoisotopic (exact) mass is 609 g/mol. The van der Waals surface area contributed by atoms with E-state index in [1.54, 1.807) is 50.2 Å². The Balaban J connectivity index is 1.36. The summed E-state index contributed by atoms with van der Waals surface area (Å²) in [6, 6.07) is 9.77. The number of hydrogen-bond donors (Lipinski definition) is 2. The zero-order chi connectivity index (χ0) is 30.9. The number of anilines is 1. The third kappa shape index (κ3) is 7.44. The molecule has 0 fully saturated rings. The molecule has 43 heavy (non-hydrogen) atoms. The fourth-order valence-electron chi connectivity index (χ4n) is 4.63. The Morgan fingerprint density at radius 3 is 2.30 bits per heavy atom. The van der Waals surface area contributed by atoms with E-state index in [-0.39, 0.29) is 12.5 Å². The number of esters is 1. The molecule has 11 nitrogen and oxygen atoms in total. The molecule has 1 aromatic heterocycles. The third-order valence-electron chi connectivity index (χ3n) is 6.75. The first-order valence-electron chi connectivity index (χ1n) is 13.8. The van der Waals surface area contributed by atoms with E-state index < -0.39 is 18.0 Å².